The summed E-state index contributed by atoms with van der Waals surface area (Å²) in [6.45, 7) is 0. The summed E-state index contributed by atoms with van der Waals surface area (Å²) in [7, 11) is 4.02. The van der Waals surface area contributed by atoms with Gasteiger partial charge in [-0.15, -0.1) is 0 Å². The number of hydrogen-bond donors (Lipinski definition) is 1. The van der Waals surface area contributed by atoms with Crippen molar-refractivity contribution in [2.75, 3.05) is 11.5 Å². The van der Waals surface area contributed by atoms with E-state index in [0.717, 1.165) is 6.26 Å². The topological polar surface area (TPSA) is 44.0 Å². The molecule has 0 aromatic rings. The molecule has 9 heavy (non-hydrogen) atoms. The average Bonchev–Trinajstić information content (AvgIpc) is 1.93. The van der Waals surface area contributed by atoms with Crippen LogP contribution in [0.3, 0.4) is 0 Å². The van der Waals surface area contributed by atoms with Crippen LogP contribution in [0.5, 0.6) is 0 Å². The van der Waals surface area contributed by atoms with Gasteiger partial charge < -0.3 is 5.11 Å². The van der Waals surface area contributed by atoms with E-state index in [1.165, 1.54) is 24.3 Å². The highest BCUT2D eigenvalue weighted by molar-refractivity contribution is 8.76. The lowest BCUT2D eigenvalue weighted by molar-refractivity contribution is 0.503. The van der Waals surface area contributed by atoms with Gasteiger partial charge >= 0.3 is 0 Å². The molecule has 0 radical (unpaired) electrons. The fourth-order valence-electron chi connectivity index (χ4n) is 0.440. The first kappa shape index (κ1) is 8.99. The molecule has 1 aliphatic heterocycles. The van der Waals surface area contributed by atoms with Crippen molar-refractivity contribution in [3.8, 4) is 6.26 Å². The molecule has 2 nitrogen and oxygen atoms in total. The van der Waals surface area contributed by atoms with E-state index in [2.05, 4.69) is 0 Å². The van der Waals surface area contributed by atoms with Crippen molar-refractivity contribution in [1.82, 2.24) is 0 Å². The number of nitriles is 1. The molecule has 0 aromatic heterocycles. The van der Waals surface area contributed by atoms with Gasteiger partial charge in [0.25, 0.3) is 6.26 Å². The molecule has 4 heteroatoms. The second-order valence-corrected chi connectivity index (χ2v) is 4.15. The van der Waals surface area contributed by atoms with Gasteiger partial charge in [-0.2, -0.15) is 5.26 Å². The van der Waals surface area contributed by atoms with Gasteiger partial charge in [-0.3, -0.25) is 0 Å². The summed E-state index contributed by atoms with van der Waals surface area (Å²) in [5, 5.41) is 13.8. The van der Waals surface area contributed by atoms with Crippen molar-refractivity contribution in [3.05, 3.63) is 0 Å². The van der Waals surface area contributed by atoms with Crippen LogP contribution in [-0.4, -0.2) is 16.6 Å². The maximum absolute atomic E-state index is 6.88. The highest BCUT2D eigenvalue weighted by Gasteiger charge is 1.96. The Kier molecular flexibility index (Phi) is 7.98. The van der Waals surface area contributed by atoms with E-state index >= 15 is 0 Å². The zero-order valence-electron chi connectivity index (χ0n) is 5.04. The van der Waals surface area contributed by atoms with E-state index < -0.39 is 0 Å². The Hall–Kier alpha value is -0.0100. The van der Waals surface area contributed by atoms with Crippen molar-refractivity contribution in [1.29, 1.82) is 5.26 Å². The lowest BCUT2D eigenvalue weighted by Gasteiger charge is -2.04. The van der Waals surface area contributed by atoms with Gasteiger partial charge in [0.05, 0.1) is 0 Å². The number of aliphatic hydroxyl groups excluding tert-OH is 1. The first-order valence-electron chi connectivity index (χ1n) is 2.69. The largest absolute Gasteiger partial charge is 0.443 e. The fourth-order valence-corrected chi connectivity index (χ4v) is 2.73. The van der Waals surface area contributed by atoms with Crippen molar-refractivity contribution in [2.24, 2.45) is 0 Å². The number of rotatable bonds is 0. The molecule has 0 saturated carbocycles. The summed E-state index contributed by atoms with van der Waals surface area (Å²) in [4.78, 5) is 0. The maximum atomic E-state index is 6.88. The third-order valence-corrected chi connectivity index (χ3v) is 3.37. The first-order chi connectivity index (χ1) is 4.41. The molecule has 1 heterocycles. The smallest absolute Gasteiger partial charge is 0.283 e. The van der Waals surface area contributed by atoms with Crippen molar-refractivity contribution >= 4 is 21.6 Å². The quantitative estimate of drug-likeness (QED) is 0.438. The SMILES string of the molecule is C1CCSSC1.N#CO. The average molecular weight is 163 g/mol. The number of aliphatic hydroxyl groups is 1. The summed E-state index contributed by atoms with van der Waals surface area (Å²) >= 11 is 0. The van der Waals surface area contributed by atoms with E-state index in [9.17, 15) is 0 Å². The van der Waals surface area contributed by atoms with Crippen molar-refractivity contribution < 1.29 is 5.11 Å². The molecule has 0 unspecified atom stereocenters. The minimum absolute atomic E-state index is 0.750. The van der Waals surface area contributed by atoms with E-state index in [4.69, 9.17) is 10.4 Å². The van der Waals surface area contributed by atoms with Crippen LogP contribution in [0.15, 0.2) is 0 Å². The predicted molar refractivity (Wildman–Crippen MR) is 41.7 cm³/mol. The molecule has 1 rings (SSSR count). The maximum Gasteiger partial charge on any atom is 0.283 e. The zero-order chi connectivity index (χ0) is 6.95. The van der Waals surface area contributed by atoms with Crippen LogP contribution < -0.4 is 0 Å². The van der Waals surface area contributed by atoms with Gasteiger partial charge in [0.2, 0.25) is 0 Å². The van der Waals surface area contributed by atoms with Crippen LogP contribution in [0.25, 0.3) is 0 Å². The summed E-state index contributed by atoms with van der Waals surface area (Å²) in [5.74, 6) is 2.76. The van der Waals surface area contributed by atoms with Gasteiger partial charge in [-0.05, 0) is 12.8 Å². The van der Waals surface area contributed by atoms with Gasteiger partial charge in [-0.25, -0.2) is 0 Å². The minimum Gasteiger partial charge on any atom is -0.443 e. The molecule has 0 amide bonds. The molecule has 1 saturated heterocycles. The Morgan fingerprint density at radius 1 is 1.22 bits per heavy atom. The van der Waals surface area contributed by atoms with Crippen LogP contribution in [0.1, 0.15) is 12.8 Å². The fraction of sp³-hybridized carbons (Fsp3) is 0.800. The van der Waals surface area contributed by atoms with E-state index in [1.807, 2.05) is 21.6 Å². The molecule has 1 aliphatic rings. The molecule has 1 fully saturated rings. The lowest BCUT2D eigenvalue weighted by atomic mass is 10.4. The standard InChI is InChI=1S/C4H8S2.CHNO/c1-2-4-6-5-3-1;2-1-3/h1-4H2;3H. The molecule has 1 N–H and O–H groups in total. The van der Waals surface area contributed by atoms with E-state index in [-0.39, 0.29) is 0 Å². The van der Waals surface area contributed by atoms with Crippen LogP contribution >= 0.6 is 21.6 Å². The molecule has 0 atom stereocenters. The molecular weight excluding hydrogens is 154 g/mol. The number of nitrogens with zero attached hydrogens (tertiary/aromatic N) is 1. The Balaban J connectivity index is 0.000000187. The minimum atomic E-state index is 0.750. The third-order valence-electron chi connectivity index (χ3n) is 0.789. The van der Waals surface area contributed by atoms with Gasteiger partial charge in [0, 0.05) is 11.5 Å². The lowest BCUT2D eigenvalue weighted by Crippen LogP contribution is -1.86. The van der Waals surface area contributed by atoms with Gasteiger partial charge in [-0.1, -0.05) is 21.6 Å². The Morgan fingerprint density at radius 3 is 1.67 bits per heavy atom. The van der Waals surface area contributed by atoms with Crippen molar-refractivity contribution in [2.45, 2.75) is 12.8 Å². The van der Waals surface area contributed by atoms with E-state index in [0.29, 0.717) is 0 Å². The summed E-state index contributed by atoms with van der Waals surface area (Å²) in [6, 6.07) is 0. The predicted octanol–water partition coefficient (Wildman–Crippen LogP) is 2.00. The van der Waals surface area contributed by atoms with Crippen LogP contribution in [0, 0.1) is 11.5 Å². The van der Waals surface area contributed by atoms with Crippen LogP contribution in [-0.2, 0) is 0 Å². The highest BCUT2D eigenvalue weighted by Crippen LogP contribution is 2.28. The monoisotopic (exact) mass is 163 g/mol. The van der Waals surface area contributed by atoms with Gasteiger partial charge in [0.1, 0.15) is 0 Å². The van der Waals surface area contributed by atoms with Gasteiger partial charge in [0.15, 0.2) is 0 Å². The highest BCUT2D eigenvalue weighted by atomic mass is 33.1. The normalized spacial score (nSPS) is 16.8. The Morgan fingerprint density at radius 2 is 1.56 bits per heavy atom. The zero-order valence-corrected chi connectivity index (χ0v) is 6.67. The molecule has 0 spiro atoms. The third kappa shape index (κ3) is 7.99. The molecule has 0 aromatic carbocycles. The second-order valence-electron chi connectivity index (χ2n) is 1.45. The first-order valence-corrected chi connectivity index (χ1v) is 5.18. The van der Waals surface area contributed by atoms with Crippen LogP contribution in [0.2, 0.25) is 0 Å². The Labute approximate surface area is 63.0 Å². The molecule has 52 valence electrons. The molecular formula is C5H9NOS2. The summed E-state index contributed by atoms with van der Waals surface area (Å²) in [5.41, 5.74) is 0. The van der Waals surface area contributed by atoms with Crippen LogP contribution in [0.4, 0.5) is 0 Å². The molecule has 0 bridgehead atoms. The summed E-state index contributed by atoms with van der Waals surface area (Å²) in [6.07, 6.45) is 3.63. The number of hydrogen-bond acceptors (Lipinski definition) is 4. The Bertz CT molecular complexity index is 75.9. The van der Waals surface area contributed by atoms with E-state index in [1.54, 1.807) is 0 Å². The van der Waals surface area contributed by atoms with Crippen molar-refractivity contribution in [3.63, 3.8) is 0 Å². The second kappa shape index (κ2) is 7.99. The summed E-state index contributed by atoms with van der Waals surface area (Å²) < 4.78 is 0. The molecule has 0 aliphatic carbocycles.